The van der Waals surface area contributed by atoms with Crippen LogP contribution in [0.4, 0.5) is 0 Å². The number of carbonyl (C=O) groups is 1. The van der Waals surface area contributed by atoms with Gasteiger partial charge in [0.25, 0.3) is 0 Å². The summed E-state index contributed by atoms with van der Waals surface area (Å²) in [5.74, 6) is -0.285. The number of nitrogens with zero attached hydrogens (tertiary/aromatic N) is 2. The summed E-state index contributed by atoms with van der Waals surface area (Å²) >= 11 is 0. The second kappa shape index (κ2) is 4.35. The number of amides is 1. The van der Waals surface area contributed by atoms with Gasteiger partial charge in [-0.2, -0.15) is 5.10 Å². The lowest BCUT2D eigenvalue weighted by molar-refractivity contribution is -0.121. The van der Waals surface area contributed by atoms with E-state index in [9.17, 15) is 4.79 Å². The average molecular weight is 217 g/mol. The Hall–Kier alpha value is -1.84. The highest BCUT2D eigenvalue weighted by molar-refractivity contribution is 5.79. The van der Waals surface area contributed by atoms with Gasteiger partial charge in [-0.3, -0.25) is 9.48 Å². The zero-order chi connectivity index (χ0) is 11.5. The van der Waals surface area contributed by atoms with Gasteiger partial charge < -0.3 is 5.73 Å². The number of primary amides is 1. The topological polar surface area (TPSA) is 60.9 Å². The fraction of sp³-hybridized carbons (Fsp3) is 0.333. The van der Waals surface area contributed by atoms with Crippen LogP contribution in [0, 0.1) is 11.8 Å². The molecule has 0 aliphatic heterocycles. The van der Waals surface area contributed by atoms with E-state index in [1.807, 2.05) is 36.0 Å². The third-order valence-electron chi connectivity index (χ3n) is 2.79. The largest absolute Gasteiger partial charge is 0.369 e. The van der Waals surface area contributed by atoms with E-state index in [1.165, 1.54) is 0 Å². The first-order valence-corrected chi connectivity index (χ1v) is 5.32. The highest BCUT2D eigenvalue weighted by Gasteiger charge is 2.21. The molecule has 1 amide bonds. The van der Waals surface area contributed by atoms with Crippen LogP contribution >= 0.6 is 0 Å². The lowest BCUT2D eigenvalue weighted by Gasteiger charge is -2.20. The zero-order valence-electron chi connectivity index (χ0n) is 9.21. The number of nitrogens with two attached hydrogens (primary N) is 1. The first kappa shape index (κ1) is 10.7. The van der Waals surface area contributed by atoms with E-state index in [1.54, 1.807) is 6.20 Å². The second-order valence-corrected chi connectivity index (χ2v) is 4.09. The van der Waals surface area contributed by atoms with Gasteiger partial charge in [-0.1, -0.05) is 25.2 Å². The standard InChI is InChI=1S/C12H15N3O/c1-9-7-10(3-4-11(9)12(13)16)8-15-6-2-5-14-15/h2-7,9,11H,8H2,1H3,(H2,13,16). The summed E-state index contributed by atoms with van der Waals surface area (Å²) < 4.78 is 1.85. The summed E-state index contributed by atoms with van der Waals surface area (Å²) in [5, 5.41) is 4.14. The van der Waals surface area contributed by atoms with Gasteiger partial charge in [0.05, 0.1) is 12.5 Å². The molecule has 2 rings (SSSR count). The average Bonchev–Trinajstić information content (AvgIpc) is 2.70. The Morgan fingerprint density at radius 1 is 1.62 bits per heavy atom. The maximum absolute atomic E-state index is 11.1. The van der Waals surface area contributed by atoms with E-state index in [0.717, 1.165) is 12.1 Å². The van der Waals surface area contributed by atoms with Crippen molar-refractivity contribution in [3.63, 3.8) is 0 Å². The number of hydrogen-bond acceptors (Lipinski definition) is 2. The van der Waals surface area contributed by atoms with Gasteiger partial charge in [-0.05, 0) is 17.6 Å². The molecule has 16 heavy (non-hydrogen) atoms. The highest BCUT2D eigenvalue weighted by Crippen LogP contribution is 2.23. The number of aromatic nitrogens is 2. The SMILES string of the molecule is CC1C=C(Cn2cccn2)C=CC1C(N)=O. The van der Waals surface area contributed by atoms with Gasteiger partial charge in [0.1, 0.15) is 0 Å². The van der Waals surface area contributed by atoms with E-state index in [4.69, 9.17) is 5.73 Å². The number of allylic oxidation sites excluding steroid dienone is 3. The molecule has 0 bridgehead atoms. The van der Waals surface area contributed by atoms with Crippen molar-refractivity contribution in [1.82, 2.24) is 9.78 Å². The molecule has 1 heterocycles. The number of carbonyl (C=O) groups excluding carboxylic acids is 1. The van der Waals surface area contributed by atoms with Crippen molar-refractivity contribution in [3.8, 4) is 0 Å². The van der Waals surface area contributed by atoms with Crippen molar-refractivity contribution in [2.24, 2.45) is 17.6 Å². The van der Waals surface area contributed by atoms with Gasteiger partial charge in [-0.25, -0.2) is 0 Å². The maximum Gasteiger partial charge on any atom is 0.224 e. The monoisotopic (exact) mass is 217 g/mol. The van der Waals surface area contributed by atoms with Crippen molar-refractivity contribution in [2.45, 2.75) is 13.5 Å². The molecule has 4 heteroatoms. The normalized spacial score (nSPS) is 24.2. The Labute approximate surface area is 94.4 Å². The molecule has 1 aliphatic carbocycles. The predicted molar refractivity (Wildman–Crippen MR) is 61.3 cm³/mol. The maximum atomic E-state index is 11.1. The van der Waals surface area contributed by atoms with Gasteiger partial charge in [0, 0.05) is 12.4 Å². The Morgan fingerprint density at radius 3 is 3.00 bits per heavy atom. The molecule has 1 aliphatic rings. The van der Waals surface area contributed by atoms with Crippen LogP contribution in [0.15, 0.2) is 42.3 Å². The van der Waals surface area contributed by atoms with Crippen LogP contribution in [0.3, 0.4) is 0 Å². The molecule has 84 valence electrons. The lowest BCUT2D eigenvalue weighted by Crippen LogP contribution is -2.28. The first-order chi connectivity index (χ1) is 7.66. The molecule has 2 unspecified atom stereocenters. The highest BCUT2D eigenvalue weighted by atomic mass is 16.1. The van der Waals surface area contributed by atoms with Crippen LogP contribution in [-0.2, 0) is 11.3 Å². The summed E-state index contributed by atoms with van der Waals surface area (Å²) in [5.41, 5.74) is 6.46. The fourth-order valence-electron chi connectivity index (χ4n) is 1.94. The molecule has 1 aromatic rings. The first-order valence-electron chi connectivity index (χ1n) is 5.32. The summed E-state index contributed by atoms with van der Waals surface area (Å²) in [6, 6.07) is 1.89. The van der Waals surface area contributed by atoms with E-state index >= 15 is 0 Å². The van der Waals surface area contributed by atoms with Crippen molar-refractivity contribution in [1.29, 1.82) is 0 Å². The molecule has 0 radical (unpaired) electrons. The molecule has 4 nitrogen and oxygen atoms in total. The van der Waals surface area contributed by atoms with Crippen LogP contribution < -0.4 is 5.73 Å². The molecule has 1 aromatic heterocycles. The minimum atomic E-state index is -0.266. The third kappa shape index (κ3) is 2.21. The molecule has 0 aromatic carbocycles. The minimum absolute atomic E-state index is 0.160. The van der Waals surface area contributed by atoms with E-state index in [-0.39, 0.29) is 17.7 Å². The molecule has 0 fully saturated rings. The van der Waals surface area contributed by atoms with Gasteiger partial charge in [-0.15, -0.1) is 0 Å². The summed E-state index contributed by atoms with van der Waals surface area (Å²) in [6.07, 6.45) is 9.59. The van der Waals surface area contributed by atoms with E-state index in [2.05, 4.69) is 11.2 Å². The second-order valence-electron chi connectivity index (χ2n) is 4.09. The fourth-order valence-corrected chi connectivity index (χ4v) is 1.94. The van der Waals surface area contributed by atoms with Crippen molar-refractivity contribution >= 4 is 5.91 Å². The molecular formula is C12H15N3O. The van der Waals surface area contributed by atoms with Gasteiger partial charge in [0.2, 0.25) is 5.91 Å². The summed E-state index contributed by atoms with van der Waals surface area (Å²) in [6.45, 7) is 2.74. The molecular weight excluding hydrogens is 202 g/mol. The Balaban J connectivity index is 2.07. The number of rotatable bonds is 3. The molecule has 0 saturated heterocycles. The van der Waals surface area contributed by atoms with Crippen LogP contribution in [0.25, 0.3) is 0 Å². The van der Waals surface area contributed by atoms with Crippen LogP contribution in [0.5, 0.6) is 0 Å². The summed E-state index contributed by atoms with van der Waals surface area (Å²) in [7, 11) is 0. The summed E-state index contributed by atoms with van der Waals surface area (Å²) in [4.78, 5) is 11.1. The third-order valence-corrected chi connectivity index (χ3v) is 2.79. The molecule has 2 N–H and O–H groups in total. The Bertz CT molecular complexity index is 431. The smallest absolute Gasteiger partial charge is 0.224 e. The van der Waals surface area contributed by atoms with Crippen LogP contribution in [0.1, 0.15) is 6.92 Å². The van der Waals surface area contributed by atoms with Crippen molar-refractivity contribution in [2.75, 3.05) is 0 Å². The quantitative estimate of drug-likeness (QED) is 0.824. The zero-order valence-corrected chi connectivity index (χ0v) is 9.21. The minimum Gasteiger partial charge on any atom is -0.369 e. The van der Waals surface area contributed by atoms with Gasteiger partial charge >= 0.3 is 0 Å². The predicted octanol–water partition coefficient (Wildman–Crippen LogP) is 1.12. The van der Waals surface area contributed by atoms with Crippen molar-refractivity contribution in [3.05, 3.63) is 42.3 Å². The number of hydrogen-bond donors (Lipinski definition) is 1. The molecule has 2 atom stereocenters. The lowest BCUT2D eigenvalue weighted by atomic mass is 9.86. The van der Waals surface area contributed by atoms with Gasteiger partial charge in [0.15, 0.2) is 0 Å². The molecule has 0 spiro atoms. The van der Waals surface area contributed by atoms with Crippen LogP contribution in [-0.4, -0.2) is 15.7 Å². The van der Waals surface area contributed by atoms with E-state index < -0.39 is 0 Å². The Morgan fingerprint density at radius 2 is 2.44 bits per heavy atom. The van der Waals surface area contributed by atoms with Crippen LogP contribution in [0.2, 0.25) is 0 Å². The van der Waals surface area contributed by atoms with E-state index in [0.29, 0.717) is 0 Å². The van der Waals surface area contributed by atoms with Crippen molar-refractivity contribution < 1.29 is 4.79 Å². The molecule has 0 saturated carbocycles. The Kier molecular flexibility index (Phi) is 2.90.